The first-order chi connectivity index (χ1) is 12.7. The molecule has 0 unspecified atom stereocenters. The van der Waals surface area contributed by atoms with E-state index in [1.165, 1.54) is 5.56 Å². The third-order valence-corrected chi connectivity index (χ3v) is 4.14. The summed E-state index contributed by atoms with van der Waals surface area (Å²) in [5.41, 5.74) is 4.24. The molecule has 0 aliphatic rings. The van der Waals surface area contributed by atoms with Crippen LogP contribution in [0.4, 0.5) is 11.6 Å². The van der Waals surface area contributed by atoms with Crippen LogP contribution in [0.15, 0.2) is 60.8 Å². The highest BCUT2D eigenvalue weighted by molar-refractivity contribution is 6.04. The average Bonchev–Trinajstić information content (AvgIpc) is 2.68. The first-order valence-corrected chi connectivity index (χ1v) is 8.67. The van der Waals surface area contributed by atoms with Gasteiger partial charge in [-0.1, -0.05) is 49.4 Å². The van der Waals surface area contributed by atoms with E-state index in [0.717, 1.165) is 17.7 Å². The molecule has 132 valence electrons. The third-order valence-electron chi connectivity index (χ3n) is 4.14. The first-order valence-electron chi connectivity index (χ1n) is 8.67. The van der Waals surface area contributed by atoms with E-state index in [2.05, 4.69) is 27.5 Å². The van der Waals surface area contributed by atoms with Crippen LogP contribution in [0.5, 0.6) is 0 Å². The Morgan fingerprint density at radius 2 is 1.73 bits per heavy atom. The molecule has 0 spiro atoms. The first kappa shape index (κ1) is 17.6. The molecule has 0 saturated heterocycles. The van der Waals surface area contributed by atoms with Crippen molar-refractivity contribution in [3.63, 3.8) is 0 Å². The summed E-state index contributed by atoms with van der Waals surface area (Å²) in [5.74, 6) is 0.302. The van der Waals surface area contributed by atoms with E-state index in [0.29, 0.717) is 23.8 Å². The van der Waals surface area contributed by atoms with Crippen molar-refractivity contribution in [1.29, 1.82) is 0 Å². The van der Waals surface area contributed by atoms with Crippen LogP contribution in [0, 0.1) is 6.92 Å². The monoisotopic (exact) mass is 346 g/mol. The molecule has 0 atom stereocenters. The Morgan fingerprint density at radius 1 is 1.00 bits per heavy atom. The van der Waals surface area contributed by atoms with Gasteiger partial charge in [0.2, 0.25) is 5.95 Å². The van der Waals surface area contributed by atoms with Gasteiger partial charge in [-0.25, -0.2) is 9.97 Å². The number of carbonyl (C=O) groups excluding carboxylic acids is 1. The van der Waals surface area contributed by atoms with Gasteiger partial charge in [-0.15, -0.1) is 0 Å². The quantitative estimate of drug-likeness (QED) is 0.701. The van der Waals surface area contributed by atoms with Crippen molar-refractivity contribution in [3.05, 3.63) is 83.2 Å². The van der Waals surface area contributed by atoms with Gasteiger partial charge in [-0.2, -0.15) is 0 Å². The number of hydrogen-bond acceptors (Lipinski definition) is 4. The van der Waals surface area contributed by atoms with Gasteiger partial charge >= 0.3 is 0 Å². The maximum Gasteiger partial charge on any atom is 0.259 e. The third kappa shape index (κ3) is 4.45. The highest BCUT2D eigenvalue weighted by atomic mass is 16.1. The number of nitrogens with zero attached hydrogens (tertiary/aromatic N) is 2. The highest BCUT2D eigenvalue weighted by Gasteiger charge is 2.12. The summed E-state index contributed by atoms with van der Waals surface area (Å²) < 4.78 is 0. The van der Waals surface area contributed by atoms with Crippen molar-refractivity contribution in [3.8, 4) is 0 Å². The highest BCUT2D eigenvalue weighted by Crippen LogP contribution is 2.14. The van der Waals surface area contributed by atoms with Crippen LogP contribution in [0.25, 0.3) is 0 Å². The molecule has 0 aliphatic carbocycles. The zero-order valence-electron chi connectivity index (χ0n) is 15.0. The summed E-state index contributed by atoms with van der Waals surface area (Å²) in [5, 5.41) is 6.06. The van der Waals surface area contributed by atoms with Crippen molar-refractivity contribution in [2.24, 2.45) is 0 Å². The summed E-state index contributed by atoms with van der Waals surface area (Å²) in [4.78, 5) is 21.1. The van der Waals surface area contributed by atoms with Gasteiger partial charge in [0.1, 0.15) is 0 Å². The molecule has 0 bridgehead atoms. The van der Waals surface area contributed by atoms with Crippen molar-refractivity contribution in [2.45, 2.75) is 26.8 Å². The number of nitrogens with one attached hydrogen (secondary N) is 2. The number of carbonyl (C=O) groups is 1. The number of anilines is 2. The number of rotatable bonds is 6. The Hall–Kier alpha value is -3.21. The molecule has 1 aromatic heterocycles. The number of aromatic nitrogens is 2. The molecule has 1 heterocycles. The van der Waals surface area contributed by atoms with Crippen molar-refractivity contribution < 1.29 is 4.79 Å². The lowest BCUT2D eigenvalue weighted by Gasteiger charge is -2.10. The van der Waals surface area contributed by atoms with Crippen LogP contribution in [-0.2, 0) is 13.0 Å². The minimum Gasteiger partial charge on any atom is -0.350 e. The van der Waals surface area contributed by atoms with E-state index in [4.69, 9.17) is 0 Å². The maximum atomic E-state index is 12.5. The van der Waals surface area contributed by atoms with Gasteiger partial charge < -0.3 is 10.6 Å². The molecule has 1 amide bonds. The van der Waals surface area contributed by atoms with E-state index in [1.54, 1.807) is 6.20 Å². The summed E-state index contributed by atoms with van der Waals surface area (Å²) in [6.45, 7) is 4.54. The number of aryl methyl sites for hydroxylation is 2. The second kappa shape index (κ2) is 8.25. The molecular formula is C21H22N4O. The van der Waals surface area contributed by atoms with Gasteiger partial charge in [0, 0.05) is 18.4 Å². The fourth-order valence-electron chi connectivity index (χ4n) is 2.57. The largest absolute Gasteiger partial charge is 0.350 e. The number of benzene rings is 2. The Labute approximate surface area is 153 Å². The summed E-state index contributed by atoms with van der Waals surface area (Å²) in [6.07, 6.45) is 2.53. The second-order valence-corrected chi connectivity index (χ2v) is 6.04. The fourth-order valence-corrected chi connectivity index (χ4v) is 2.57. The molecule has 0 radical (unpaired) electrons. The molecular weight excluding hydrogens is 324 g/mol. The molecule has 26 heavy (non-hydrogen) atoms. The summed E-state index contributed by atoms with van der Waals surface area (Å²) >= 11 is 0. The maximum absolute atomic E-state index is 12.5. The Bertz CT molecular complexity index is 876. The average molecular weight is 346 g/mol. The van der Waals surface area contributed by atoms with Crippen LogP contribution in [0.1, 0.15) is 34.1 Å². The predicted octanol–water partition coefficient (Wildman–Crippen LogP) is 4.21. The van der Waals surface area contributed by atoms with Gasteiger partial charge in [-0.3, -0.25) is 4.79 Å². The van der Waals surface area contributed by atoms with E-state index in [-0.39, 0.29) is 5.91 Å². The van der Waals surface area contributed by atoms with Crippen molar-refractivity contribution in [2.75, 3.05) is 10.6 Å². The topological polar surface area (TPSA) is 66.9 Å². The summed E-state index contributed by atoms with van der Waals surface area (Å²) in [6, 6.07) is 17.9. The van der Waals surface area contributed by atoms with Gasteiger partial charge in [0.05, 0.1) is 11.3 Å². The molecule has 5 heteroatoms. The normalized spacial score (nSPS) is 10.4. The summed E-state index contributed by atoms with van der Waals surface area (Å²) in [7, 11) is 0. The van der Waals surface area contributed by atoms with Crippen LogP contribution in [-0.4, -0.2) is 15.9 Å². The van der Waals surface area contributed by atoms with Gasteiger partial charge in [0.25, 0.3) is 5.91 Å². The van der Waals surface area contributed by atoms with E-state index in [9.17, 15) is 4.79 Å². The molecule has 3 aromatic rings. The molecule has 5 nitrogen and oxygen atoms in total. The lowest BCUT2D eigenvalue weighted by molar-refractivity contribution is 0.102. The minimum atomic E-state index is -0.207. The van der Waals surface area contributed by atoms with Crippen molar-refractivity contribution in [1.82, 2.24) is 9.97 Å². The van der Waals surface area contributed by atoms with Crippen LogP contribution >= 0.6 is 0 Å². The lowest BCUT2D eigenvalue weighted by atomic mass is 10.1. The second-order valence-electron chi connectivity index (χ2n) is 6.04. The zero-order chi connectivity index (χ0) is 18.4. The number of hydrogen-bond donors (Lipinski definition) is 2. The minimum absolute atomic E-state index is 0.207. The molecule has 3 rings (SSSR count). The Morgan fingerprint density at radius 3 is 2.38 bits per heavy atom. The van der Waals surface area contributed by atoms with E-state index >= 15 is 0 Å². The molecule has 0 aliphatic heterocycles. The standard InChI is InChI=1S/C21H22N4O/c1-3-16-9-11-18(12-10-16)25-20(26)19-14-23-21(24-15(19)2)22-13-17-7-5-4-6-8-17/h4-12,14H,3,13H2,1-2H3,(H,25,26)(H,22,23,24). The molecule has 2 aromatic carbocycles. The van der Waals surface area contributed by atoms with Crippen LogP contribution in [0.2, 0.25) is 0 Å². The van der Waals surface area contributed by atoms with Crippen molar-refractivity contribution >= 4 is 17.5 Å². The smallest absolute Gasteiger partial charge is 0.259 e. The Kier molecular flexibility index (Phi) is 5.59. The fraction of sp³-hybridized carbons (Fsp3) is 0.190. The van der Waals surface area contributed by atoms with E-state index < -0.39 is 0 Å². The lowest BCUT2D eigenvalue weighted by Crippen LogP contribution is -2.15. The zero-order valence-corrected chi connectivity index (χ0v) is 15.0. The molecule has 0 fully saturated rings. The Balaban J connectivity index is 1.65. The van der Waals surface area contributed by atoms with Gasteiger partial charge in [0.15, 0.2) is 0 Å². The molecule has 0 saturated carbocycles. The van der Waals surface area contributed by atoms with Gasteiger partial charge in [-0.05, 0) is 36.6 Å². The SMILES string of the molecule is CCc1ccc(NC(=O)c2cnc(NCc3ccccc3)nc2C)cc1. The van der Waals surface area contributed by atoms with E-state index in [1.807, 2.05) is 61.5 Å². The van der Waals surface area contributed by atoms with Crippen LogP contribution in [0.3, 0.4) is 0 Å². The number of amides is 1. The van der Waals surface area contributed by atoms with Crippen LogP contribution < -0.4 is 10.6 Å². The predicted molar refractivity (Wildman–Crippen MR) is 104 cm³/mol. The molecule has 2 N–H and O–H groups in total.